The Morgan fingerprint density at radius 1 is 0.656 bits per heavy atom. The minimum atomic E-state index is -0.953. The number of amides is 2. The number of hydrogen-bond donors (Lipinski definition) is 0. The molecule has 0 atom stereocenters. The van der Waals surface area contributed by atoms with Crippen LogP contribution in [0.4, 0.5) is 5.69 Å². The lowest BCUT2D eigenvalue weighted by Crippen LogP contribution is -2.52. The molecule has 3 aromatic rings. The van der Waals surface area contributed by atoms with Crippen LogP contribution in [0.5, 0.6) is 0 Å². The molecule has 2 heterocycles. The van der Waals surface area contributed by atoms with E-state index in [9.17, 15) is 9.59 Å². The van der Waals surface area contributed by atoms with Gasteiger partial charge < -0.3 is 4.90 Å². The maximum atomic E-state index is 13.9. The summed E-state index contributed by atoms with van der Waals surface area (Å²) < 4.78 is 0. The summed E-state index contributed by atoms with van der Waals surface area (Å²) in [5.74, 6) is -0.224. The number of piperazine rings is 1. The second-order valence-electron chi connectivity index (χ2n) is 8.52. The molecule has 5 nitrogen and oxygen atoms in total. The lowest BCUT2D eigenvalue weighted by Gasteiger charge is -2.37. The fraction of sp³-hybridized carbons (Fsp3) is 0.259. The van der Waals surface area contributed by atoms with Gasteiger partial charge in [-0.2, -0.15) is 0 Å². The predicted molar refractivity (Wildman–Crippen MR) is 125 cm³/mol. The Hall–Kier alpha value is -3.44. The third-order valence-corrected chi connectivity index (χ3v) is 6.70. The summed E-state index contributed by atoms with van der Waals surface area (Å²) in [7, 11) is 0. The number of para-hydroxylation sites is 1. The zero-order valence-corrected chi connectivity index (χ0v) is 18.1. The fourth-order valence-corrected chi connectivity index (χ4v) is 4.93. The van der Waals surface area contributed by atoms with Crippen molar-refractivity contribution in [2.45, 2.75) is 11.8 Å². The van der Waals surface area contributed by atoms with E-state index in [1.807, 2.05) is 66.7 Å². The van der Waals surface area contributed by atoms with Crippen LogP contribution in [0.25, 0.3) is 0 Å². The quantitative estimate of drug-likeness (QED) is 0.587. The number of hydrogen-bond acceptors (Lipinski definition) is 4. The summed E-state index contributed by atoms with van der Waals surface area (Å²) in [6, 6.07) is 29.8. The van der Waals surface area contributed by atoms with Gasteiger partial charge in [-0.25, -0.2) is 0 Å². The molecule has 2 aliphatic heterocycles. The highest BCUT2D eigenvalue weighted by atomic mass is 16.2. The highest BCUT2D eigenvalue weighted by Gasteiger charge is 2.54. The van der Waals surface area contributed by atoms with Crippen molar-refractivity contribution >= 4 is 17.5 Å². The zero-order chi connectivity index (χ0) is 22.0. The van der Waals surface area contributed by atoms with E-state index in [1.54, 1.807) is 0 Å². The molecule has 0 bridgehead atoms. The standard InChI is InChI=1S/C27H27N3O2/c31-25-20-27(22-10-4-1-5-11-22,23-12-6-2-7-13-23)26(32)30(25)21-28-16-18-29(19-17-28)24-14-8-3-9-15-24/h1-15H,16-21H2. The van der Waals surface area contributed by atoms with Crippen molar-refractivity contribution in [3.63, 3.8) is 0 Å². The Balaban J connectivity index is 1.36. The first-order valence-electron chi connectivity index (χ1n) is 11.2. The van der Waals surface area contributed by atoms with Crippen molar-refractivity contribution in [3.8, 4) is 0 Å². The number of carbonyl (C=O) groups is 2. The van der Waals surface area contributed by atoms with Crippen LogP contribution in [0, 0.1) is 0 Å². The van der Waals surface area contributed by atoms with Crippen LogP contribution in [0.3, 0.4) is 0 Å². The van der Waals surface area contributed by atoms with Gasteiger partial charge in [-0.05, 0) is 23.3 Å². The molecule has 2 aliphatic rings. The van der Waals surface area contributed by atoms with E-state index < -0.39 is 5.41 Å². The third kappa shape index (κ3) is 3.59. The van der Waals surface area contributed by atoms with Crippen molar-refractivity contribution in [2.24, 2.45) is 0 Å². The molecular formula is C27H27N3O2. The van der Waals surface area contributed by atoms with Gasteiger partial charge in [0, 0.05) is 38.3 Å². The minimum Gasteiger partial charge on any atom is -0.369 e. The molecule has 2 fully saturated rings. The van der Waals surface area contributed by atoms with E-state index >= 15 is 0 Å². The van der Waals surface area contributed by atoms with Gasteiger partial charge in [0.1, 0.15) is 5.41 Å². The molecule has 5 heteroatoms. The number of likely N-dealkylation sites (tertiary alicyclic amines) is 1. The predicted octanol–water partition coefficient (Wildman–Crippen LogP) is 3.51. The number of rotatable bonds is 5. The maximum absolute atomic E-state index is 13.9. The summed E-state index contributed by atoms with van der Waals surface area (Å²) >= 11 is 0. The monoisotopic (exact) mass is 425 g/mol. The lowest BCUT2D eigenvalue weighted by atomic mass is 9.73. The molecule has 162 valence electrons. The normalized spacial score (nSPS) is 18.9. The molecule has 32 heavy (non-hydrogen) atoms. The zero-order valence-electron chi connectivity index (χ0n) is 18.1. The van der Waals surface area contributed by atoms with Crippen molar-refractivity contribution < 1.29 is 9.59 Å². The van der Waals surface area contributed by atoms with E-state index in [1.165, 1.54) is 10.6 Å². The van der Waals surface area contributed by atoms with Crippen molar-refractivity contribution in [2.75, 3.05) is 37.7 Å². The molecule has 0 aliphatic carbocycles. The van der Waals surface area contributed by atoms with Gasteiger partial charge in [0.25, 0.3) is 0 Å². The summed E-state index contributed by atoms with van der Waals surface area (Å²) in [6.07, 6.45) is 0.170. The Morgan fingerprint density at radius 2 is 1.16 bits per heavy atom. The Labute approximate surface area is 188 Å². The summed E-state index contributed by atoms with van der Waals surface area (Å²) in [6.45, 7) is 3.73. The molecule has 0 radical (unpaired) electrons. The van der Waals surface area contributed by atoms with Crippen LogP contribution in [-0.2, 0) is 15.0 Å². The van der Waals surface area contributed by atoms with Crippen LogP contribution in [0.2, 0.25) is 0 Å². The van der Waals surface area contributed by atoms with E-state index in [0.717, 1.165) is 37.3 Å². The summed E-state index contributed by atoms with van der Waals surface area (Å²) in [5.41, 5.74) is 2.01. The number of imide groups is 1. The Morgan fingerprint density at radius 3 is 1.69 bits per heavy atom. The van der Waals surface area contributed by atoms with Gasteiger partial charge in [-0.1, -0.05) is 78.9 Å². The topological polar surface area (TPSA) is 43.9 Å². The van der Waals surface area contributed by atoms with Gasteiger partial charge in [0.15, 0.2) is 0 Å². The minimum absolute atomic E-state index is 0.104. The maximum Gasteiger partial charge on any atom is 0.245 e. The van der Waals surface area contributed by atoms with E-state index in [4.69, 9.17) is 0 Å². The van der Waals surface area contributed by atoms with Gasteiger partial charge in [0.2, 0.25) is 11.8 Å². The second-order valence-corrected chi connectivity index (χ2v) is 8.52. The lowest BCUT2D eigenvalue weighted by molar-refractivity contribution is -0.142. The van der Waals surface area contributed by atoms with E-state index in [2.05, 4.69) is 34.1 Å². The molecule has 2 saturated heterocycles. The fourth-order valence-electron chi connectivity index (χ4n) is 4.93. The smallest absolute Gasteiger partial charge is 0.245 e. The number of anilines is 1. The van der Waals surface area contributed by atoms with Crippen molar-refractivity contribution in [3.05, 3.63) is 102 Å². The largest absolute Gasteiger partial charge is 0.369 e. The molecule has 5 rings (SSSR count). The van der Waals surface area contributed by atoms with Gasteiger partial charge in [-0.15, -0.1) is 0 Å². The average molecular weight is 426 g/mol. The molecule has 3 aromatic carbocycles. The third-order valence-electron chi connectivity index (χ3n) is 6.70. The molecular weight excluding hydrogens is 398 g/mol. The molecule has 0 unspecified atom stereocenters. The highest BCUT2D eigenvalue weighted by Crippen LogP contribution is 2.42. The first kappa shape index (κ1) is 20.5. The molecule has 0 N–H and O–H groups in total. The summed E-state index contributed by atoms with van der Waals surface area (Å²) in [5, 5.41) is 0. The van der Waals surface area contributed by atoms with Crippen LogP contribution in [0.1, 0.15) is 17.5 Å². The first-order chi connectivity index (χ1) is 15.7. The number of benzene rings is 3. The van der Waals surface area contributed by atoms with Crippen LogP contribution >= 0.6 is 0 Å². The molecule has 0 spiro atoms. The van der Waals surface area contributed by atoms with Crippen LogP contribution in [0.15, 0.2) is 91.0 Å². The van der Waals surface area contributed by atoms with Gasteiger partial charge >= 0.3 is 0 Å². The first-order valence-corrected chi connectivity index (χ1v) is 11.2. The number of carbonyl (C=O) groups excluding carboxylic acids is 2. The average Bonchev–Trinajstić information content (AvgIpc) is 3.12. The van der Waals surface area contributed by atoms with Crippen LogP contribution in [-0.4, -0.2) is 54.5 Å². The van der Waals surface area contributed by atoms with Gasteiger partial charge in [0.05, 0.1) is 6.67 Å². The van der Waals surface area contributed by atoms with E-state index in [-0.39, 0.29) is 18.2 Å². The SMILES string of the molecule is O=C1CC(c2ccccc2)(c2ccccc2)C(=O)N1CN1CCN(c2ccccc2)CC1. The van der Waals surface area contributed by atoms with Crippen molar-refractivity contribution in [1.29, 1.82) is 0 Å². The van der Waals surface area contributed by atoms with Gasteiger partial charge in [-0.3, -0.25) is 19.4 Å². The van der Waals surface area contributed by atoms with Crippen LogP contribution < -0.4 is 4.90 Å². The number of nitrogens with zero attached hydrogens (tertiary/aromatic N) is 3. The Kier molecular flexibility index (Phi) is 5.50. The molecule has 0 aromatic heterocycles. The Bertz CT molecular complexity index is 1040. The van der Waals surface area contributed by atoms with E-state index in [0.29, 0.717) is 6.67 Å². The second kappa shape index (κ2) is 8.60. The molecule has 0 saturated carbocycles. The van der Waals surface area contributed by atoms with Crippen molar-refractivity contribution in [1.82, 2.24) is 9.80 Å². The molecule has 2 amide bonds. The highest BCUT2D eigenvalue weighted by molar-refractivity contribution is 6.11. The summed E-state index contributed by atoms with van der Waals surface area (Å²) in [4.78, 5) is 33.1.